The highest BCUT2D eigenvalue weighted by Crippen LogP contribution is 2.19. The molecule has 5 nitrogen and oxygen atoms in total. The maximum atomic E-state index is 11.9. The summed E-state index contributed by atoms with van der Waals surface area (Å²) in [6, 6.07) is -0.0389. The van der Waals surface area contributed by atoms with E-state index in [9.17, 15) is 9.59 Å². The maximum Gasteiger partial charge on any atom is 0.410 e. The number of likely N-dealkylation sites (tertiary alicyclic amines) is 1. The van der Waals surface area contributed by atoms with Crippen LogP contribution in [0.25, 0.3) is 0 Å². The summed E-state index contributed by atoms with van der Waals surface area (Å²) in [5.41, 5.74) is -0.497. The van der Waals surface area contributed by atoms with Crippen molar-refractivity contribution in [1.82, 2.24) is 10.2 Å². The van der Waals surface area contributed by atoms with Crippen molar-refractivity contribution in [2.45, 2.75) is 39.3 Å². The van der Waals surface area contributed by atoms with Gasteiger partial charge in [0.15, 0.2) is 0 Å². The molecular formula is C13H22N2O3. The summed E-state index contributed by atoms with van der Waals surface area (Å²) in [5.74, 6) is -0.000642. The summed E-state index contributed by atoms with van der Waals surface area (Å²) < 4.78 is 5.30. The fraction of sp³-hybridized carbons (Fsp3) is 0.692. The van der Waals surface area contributed by atoms with Gasteiger partial charge in [-0.1, -0.05) is 13.5 Å². The third-order valence-electron chi connectivity index (χ3n) is 2.78. The SMILES string of the molecule is C=CC(=O)N[C@H]1CN(C(=O)OC(C)(C)C)C[C@H]1C. The van der Waals surface area contributed by atoms with Gasteiger partial charge in [-0.2, -0.15) is 0 Å². The molecule has 2 amide bonds. The topological polar surface area (TPSA) is 58.6 Å². The van der Waals surface area contributed by atoms with Gasteiger partial charge < -0.3 is 15.0 Å². The fourth-order valence-corrected chi connectivity index (χ4v) is 1.87. The molecule has 1 rings (SSSR count). The minimum Gasteiger partial charge on any atom is -0.444 e. The van der Waals surface area contributed by atoms with Crippen molar-refractivity contribution in [3.8, 4) is 0 Å². The predicted octanol–water partition coefficient (Wildman–Crippen LogP) is 1.54. The number of carbonyl (C=O) groups excluding carboxylic acids is 2. The molecule has 102 valence electrons. The van der Waals surface area contributed by atoms with Crippen LogP contribution < -0.4 is 5.32 Å². The Balaban J connectivity index is 2.55. The van der Waals surface area contributed by atoms with Gasteiger partial charge in [-0.25, -0.2) is 4.79 Å². The van der Waals surface area contributed by atoms with Crippen molar-refractivity contribution >= 4 is 12.0 Å². The number of nitrogens with zero attached hydrogens (tertiary/aromatic N) is 1. The Kier molecular flexibility index (Phi) is 4.38. The van der Waals surface area contributed by atoms with Crippen LogP contribution in [0.1, 0.15) is 27.7 Å². The Morgan fingerprint density at radius 1 is 1.39 bits per heavy atom. The standard InChI is InChI=1S/C13H22N2O3/c1-6-11(16)14-10-8-15(7-9(10)2)12(17)18-13(3,4)5/h6,9-10H,1,7-8H2,2-5H3,(H,14,16)/t9-,10+/m1/s1. The largest absolute Gasteiger partial charge is 0.444 e. The van der Waals surface area contributed by atoms with Crippen molar-refractivity contribution in [2.75, 3.05) is 13.1 Å². The summed E-state index contributed by atoms with van der Waals surface area (Å²) in [7, 11) is 0. The highest BCUT2D eigenvalue weighted by atomic mass is 16.6. The number of hydrogen-bond donors (Lipinski definition) is 1. The molecule has 1 heterocycles. The molecule has 0 unspecified atom stereocenters. The second-order valence-electron chi connectivity index (χ2n) is 5.68. The van der Waals surface area contributed by atoms with Crippen LogP contribution in [0.3, 0.4) is 0 Å². The summed E-state index contributed by atoms with van der Waals surface area (Å²) in [5, 5.41) is 2.82. The molecule has 0 spiro atoms. The normalized spacial score (nSPS) is 23.7. The van der Waals surface area contributed by atoms with Gasteiger partial charge in [0.05, 0.1) is 6.04 Å². The van der Waals surface area contributed by atoms with E-state index in [1.165, 1.54) is 6.08 Å². The zero-order valence-electron chi connectivity index (χ0n) is 11.5. The van der Waals surface area contributed by atoms with Crippen LogP contribution in [0.15, 0.2) is 12.7 Å². The van der Waals surface area contributed by atoms with Gasteiger partial charge in [0.1, 0.15) is 5.60 Å². The van der Waals surface area contributed by atoms with Crippen molar-refractivity contribution in [3.63, 3.8) is 0 Å². The molecule has 0 aromatic heterocycles. The molecular weight excluding hydrogens is 232 g/mol. The van der Waals surface area contributed by atoms with Crippen LogP contribution >= 0.6 is 0 Å². The summed E-state index contributed by atoms with van der Waals surface area (Å²) in [4.78, 5) is 24.8. The average Bonchev–Trinajstić information content (AvgIpc) is 2.58. The van der Waals surface area contributed by atoms with Gasteiger partial charge in [0, 0.05) is 13.1 Å². The quantitative estimate of drug-likeness (QED) is 0.760. The van der Waals surface area contributed by atoms with Gasteiger partial charge in [-0.05, 0) is 32.8 Å². The third kappa shape index (κ3) is 4.05. The smallest absolute Gasteiger partial charge is 0.410 e. The van der Waals surface area contributed by atoms with Gasteiger partial charge in [-0.15, -0.1) is 0 Å². The highest BCUT2D eigenvalue weighted by molar-refractivity contribution is 5.87. The summed E-state index contributed by atoms with van der Waals surface area (Å²) in [6.45, 7) is 12.0. The molecule has 1 fully saturated rings. The van der Waals surface area contributed by atoms with E-state index in [0.717, 1.165) is 0 Å². The molecule has 0 aromatic carbocycles. The van der Waals surface area contributed by atoms with Crippen molar-refractivity contribution in [2.24, 2.45) is 5.92 Å². The Labute approximate surface area is 108 Å². The molecule has 0 aliphatic carbocycles. The lowest BCUT2D eigenvalue weighted by molar-refractivity contribution is -0.117. The lowest BCUT2D eigenvalue weighted by Gasteiger charge is -2.24. The van der Waals surface area contributed by atoms with Crippen LogP contribution in [0.4, 0.5) is 4.79 Å². The number of nitrogens with one attached hydrogen (secondary N) is 1. The highest BCUT2D eigenvalue weighted by Gasteiger charge is 2.35. The van der Waals surface area contributed by atoms with Crippen molar-refractivity contribution in [1.29, 1.82) is 0 Å². The van der Waals surface area contributed by atoms with E-state index in [0.29, 0.717) is 13.1 Å². The molecule has 1 N–H and O–H groups in total. The van der Waals surface area contributed by atoms with Gasteiger partial charge >= 0.3 is 6.09 Å². The van der Waals surface area contributed by atoms with E-state index in [1.54, 1.807) is 4.90 Å². The predicted molar refractivity (Wildman–Crippen MR) is 69.1 cm³/mol. The molecule has 0 radical (unpaired) electrons. The van der Waals surface area contributed by atoms with Gasteiger partial charge in [0.2, 0.25) is 5.91 Å². The minimum absolute atomic E-state index is 0.0389. The molecule has 5 heteroatoms. The Bertz CT molecular complexity index is 347. The van der Waals surface area contributed by atoms with Crippen LogP contribution in [0, 0.1) is 5.92 Å². The molecule has 0 bridgehead atoms. The molecule has 2 atom stereocenters. The Morgan fingerprint density at radius 3 is 2.50 bits per heavy atom. The molecule has 1 saturated heterocycles. The van der Waals surface area contributed by atoms with Gasteiger partial charge in [-0.3, -0.25) is 4.79 Å². The van der Waals surface area contributed by atoms with E-state index >= 15 is 0 Å². The van der Waals surface area contributed by atoms with Crippen LogP contribution in [0.5, 0.6) is 0 Å². The number of carbonyl (C=O) groups is 2. The zero-order valence-corrected chi connectivity index (χ0v) is 11.5. The van der Waals surface area contributed by atoms with Crippen LogP contribution in [0.2, 0.25) is 0 Å². The van der Waals surface area contributed by atoms with Crippen LogP contribution in [-0.2, 0) is 9.53 Å². The fourth-order valence-electron chi connectivity index (χ4n) is 1.87. The summed E-state index contributed by atoms with van der Waals surface area (Å²) in [6.07, 6.45) is 0.910. The number of hydrogen-bond acceptors (Lipinski definition) is 3. The molecule has 0 aromatic rings. The zero-order chi connectivity index (χ0) is 13.9. The first-order valence-corrected chi connectivity index (χ1v) is 6.14. The number of rotatable bonds is 2. The number of ether oxygens (including phenoxy) is 1. The van der Waals surface area contributed by atoms with Crippen LogP contribution in [-0.4, -0.2) is 41.6 Å². The minimum atomic E-state index is -0.497. The second-order valence-corrected chi connectivity index (χ2v) is 5.68. The van der Waals surface area contributed by atoms with E-state index < -0.39 is 5.60 Å². The van der Waals surface area contributed by atoms with E-state index in [1.807, 2.05) is 27.7 Å². The lowest BCUT2D eigenvalue weighted by Crippen LogP contribution is -2.40. The van der Waals surface area contributed by atoms with Crippen molar-refractivity contribution in [3.05, 3.63) is 12.7 Å². The van der Waals surface area contributed by atoms with E-state index in [-0.39, 0.29) is 24.0 Å². The summed E-state index contributed by atoms with van der Waals surface area (Å²) >= 11 is 0. The van der Waals surface area contributed by atoms with Gasteiger partial charge in [0.25, 0.3) is 0 Å². The second kappa shape index (κ2) is 5.42. The monoisotopic (exact) mass is 254 g/mol. The maximum absolute atomic E-state index is 11.9. The first kappa shape index (κ1) is 14.5. The molecule has 18 heavy (non-hydrogen) atoms. The van der Waals surface area contributed by atoms with E-state index in [2.05, 4.69) is 11.9 Å². The lowest BCUT2D eigenvalue weighted by atomic mass is 10.1. The Hall–Kier alpha value is -1.52. The number of amides is 2. The molecule has 1 aliphatic heterocycles. The third-order valence-corrected chi connectivity index (χ3v) is 2.78. The van der Waals surface area contributed by atoms with Crippen molar-refractivity contribution < 1.29 is 14.3 Å². The first-order valence-electron chi connectivity index (χ1n) is 6.14. The average molecular weight is 254 g/mol. The molecule has 1 aliphatic rings. The molecule has 0 saturated carbocycles. The van der Waals surface area contributed by atoms with E-state index in [4.69, 9.17) is 4.74 Å². The first-order chi connectivity index (χ1) is 8.23. The Morgan fingerprint density at radius 2 is 2.00 bits per heavy atom.